The van der Waals surface area contributed by atoms with E-state index in [1.165, 1.54) is 19.1 Å². The summed E-state index contributed by atoms with van der Waals surface area (Å²) in [5.41, 5.74) is -3.17. The van der Waals surface area contributed by atoms with Gasteiger partial charge in [-0.2, -0.15) is 8.78 Å². The van der Waals surface area contributed by atoms with E-state index in [0.717, 1.165) is 12.1 Å². The molecule has 0 aliphatic carbocycles. The van der Waals surface area contributed by atoms with Crippen LogP contribution >= 0.6 is 0 Å². The van der Waals surface area contributed by atoms with E-state index in [1.807, 2.05) is 0 Å². The molecule has 0 radical (unpaired) electrons. The Balaban J connectivity index is 2.80. The summed E-state index contributed by atoms with van der Waals surface area (Å²) in [5, 5.41) is 11.6. The van der Waals surface area contributed by atoms with Crippen LogP contribution in [0, 0.1) is 0 Å². The minimum atomic E-state index is -4.93. The van der Waals surface area contributed by atoms with Gasteiger partial charge in [0.1, 0.15) is 11.4 Å². The normalized spacial score (nSPS) is 16.1. The van der Waals surface area contributed by atoms with Crippen molar-refractivity contribution in [1.29, 1.82) is 0 Å². The fourth-order valence-corrected chi connectivity index (χ4v) is 2.02. The third kappa shape index (κ3) is 5.75. The molecule has 0 bridgehead atoms. The first-order valence-corrected chi connectivity index (χ1v) is 7.19. The summed E-state index contributed by atoms with van der Waals surface area (Å²) < 4.78 is 91.4. The molecule has 0 saturated carbocycles. The number of hydrogen-bond donors (Lipinski definition) is 2. The van der Waals surface area contributed by atoms with E-state index < -0.39 is 48.4 Å². The minimum absolute atomic E-state index is 0.139. The summed E-state index contributed by atoms with van der Waals surface area (Å²) in [4.78, 5) is 11.8. The number of carbonyl (C=O) groups is 1. The second-order valence-electron chi connectivity index (χ2n) is 5.78. The van der Waals surface area contributed by atoms with Crippen LogP contribution < -0.4 is 10.1 Å². The molecule has 0 saturated heterocycles. The van der Waals surface area contributed by atoms with Crippen LogP contribution in [0.2, 0.25) is 0 Å². The molecule has 11 heteroatoms. The van der Waals surface area contributed by atoms with E-state index in [4.69, 9.17) is 0 Å². The number of ether oxygens (including phenoxy) is 1. The Labute approximate surface area is 143 Å². The highest BCUT2D eigenvalue weighted by Gasteiger charge is 2.57. The number of aliphatic hydroxyl groups is 1. The predicted molar refractivity (Wildman–Crippen MR) is 75.9 cm³/mol. The maximum absolute atomic E-state index is 13.3. The molecule has 4 nitrogen and oxygen atoms in total. The lowest BCUT2D eigenvalue weighted by molar-refractivity contribution is -0.274. The van der Waals surface area contributed by atoms with Crippen molar-refractivity contribution in [2.45, 2.75) is 50.6 Å². The maximum Gasteiger partial charge on any atom is 0.573 e. The summed E-state index contributed by atoms with van der Waals surface area (Å²) in [7, 11) is 0. The SMILES string of the molecule is CC(NC(=O)CC(C)(O)C(F)(F)C(F)F)c1cccc(OC(F)(F)F)c1. The molecule has 0 fully saturated rings. The van der Waals surface area contributed by atoms with Gasteiger partial charge in [0.2, 0.25) is 5.91 Å². The summed E-state index contributed by atoms with van der Waals surface area (Å²) in [6.07, 6.45) is -10.4. The van der Waals surface area contributed by atoms with Gasteiger partial charge in [0.05, 0.1) is 12.5 Å². The molecule has 1 aromatic carbocycles. The van der Waals surface area contributed by atoms with Gasteiger partial charge in [0.25, 0.3) is 0 Å². The molecule has 26 heavy (non-hydrogen) atoms. The third-order valence-corrected chi connectivity index (χ3v) is 3.47. The Hall–Kier alpha value is -2.04. The van der Waals surface area contributed by atoms with Gasteiger partial charge in [-0.1, -0.05) is 12.1 Å². The van der Waals surface area contributed by atoms with Crippen LogP contribution in [0.15, 0.2) is 24.3 Å². The van der Waals surface area contributed by atoms with Crippen LogP contribution in [0.5, 0.6) is 5.75 Å². The summed E-state index contributed by atoms with van der Waals surface area (Å²) in [5.74, 6) is -6.58. The van der Waals surface area contributed by atoms with Crippen molar-refractivity contribution in [3.63, 3.8) is 0 Å². The van der Waals surface area contributed by atoms with Crippen LogP contribution in [0.4, 0.5) is 30.7 Å². The van der Waals surface area contributed by atoms with Crippen molar-refractivity contribution in [3.05, 3.63) is 29.8 Å². The monoisotopic (exact) mass is 391 g/mol. The molecule has 1 aromatic rings. The zero-order chi connectivity index (χ0) is 20.3. The Bertz CT molecular complexity index is 632. The number of rotatable bonds is 7. The number of nitrogens with one attached hydrogen (secondary N) is 1. The van der Waals surface area contributed by atoms with E-state index in [2.05, 4.69) is 10.1 Å². The average Bonchev–Trinajstić information content (AvgIpc) is 2.44. The van der Waals surface area contributed by atoms with Gasteiger partial charge >= 0.3 is 18.7 Å². The molecular formula is C15H16F7NO3. The standard InChI is InChI=1S/C15H16F7NO3/c1-8(9-4-3-5-10(6-9)26-15(20,21)22)23-11(24)7-13(2,25)14(18,19)12(16)17/h3-6,8,12,25H,7H2,1-2H3,(H,23,24). The Kier molecular flexibility index (Phi) is 6.50. The molecular weight excluding hydrogens is 375 g/mol. The van der Waals surface area contributed by atoms with Crippen LogP contribution in [0.3, 0.4) is 0 Å². The molecule has 2 N–H and O–H groups in total. The molecule has 148 valence electrons. The highest BCUT2D eigenvalue weighted by molar-refractivity contribution is 5.77. The van der Waals surface area contributed by atoms with Gasteiger partial charge in [-0.3, -0.25) is 4.79 Å². The van der Waals surface area contributed by atoms with Crippen LogP contribution in [-0.2, 0) is 4.79 Å². The number of carbonyl (C=O) groups excluding carboxylic acids is 1. The van der Waals surface area contributed by atoms with E-state index in [0.29, 0.717) is 6.92 Å². The fraction of sp³-hybridized carbons (Fsp3) is 0.533. The first kappa shape index (κ1) is 22.0. The first-order chi connectivity index (χ1) is 11.7. The summed E-state index contributed by atoms with van der Waals surface area (Å²) >= 11 is 0. The number of alkyl halides is 7. The number of hydrogen-bond acceptors (Lipinski definition) is 3. The van der Waals surface area contributed by atoms with Crippen molar-refractivity contribution in [1.82, 2.24) is 5.32 Å². The largest absolute Gasteiger partial charge is 0.573 e. The van der Waals surface area contributed by atoms with E-state index >= 15 is 0 Å². The summed E-state index contributed by atoms with van der Waals surface area (Å²) in [6.45, 7) is 1.71. The third-order valence-electron chi connectivity index (χ3n) is 3.47. The van der Waals surface area contributed by atoms with Gasteiger partial charge < -0.3 is 15.2 Å². The van der Waals surface area contributed by atoms with Crippen molar-refractivity contribution in [2.24, 2.45) is 0 Å². The molecule has 1 rings (SSSR count). The van der Waals surface area contributed by atoms with Crippen molar-refractivity contribution >= 4 is 5.91 Å². The fourth-order valence-electron chi connectivity index (χ4n) is 2.02. The van der Waals surface area contributed by atoms with E-state index in [9.17, 15) is 40.6 Å². The molecule has 1 amide bonds. The second-order valence-corrected chi connectivity index (χ2v) is 5.78. The van der Waals surface area contributed by atoms with Gasteiger partial charge in [0.15, 0.2) is 0 Å². The van der Waals surface area contributed by atoms with Crippen molar-refractivity contribution in [2.75, 3.05) is 0 Å². The molecule has 0 aliphatic rings. The van der Waals surface area contributed by atoms with Crippen LogP contribution in [0.25, 0.3) is 0 Å². The van der Waals surface area contributed by atoms with Gasteiger partial charge in [-0.15, -0.1) is 13.2 Å². The Morgan fingerprint density at radius 2 is 1.81 bits per heavy atom. The van der Waals surface area contributed by atoms with Crippen molar-refractivity contribution < 1.29 is 45.4 Å². The van der Waals surface area contributed by atoms with Gasteiger partial charge in [0, 0.05) is 0 Å². The molecule has 0 aromatic heterocycles. The van der Waals surface area contributed by atoms with Crippen molar-refractivity contribution in [3.8, 4) is 5.75 Å². The quantitative estimate of drug-likeness (QED) is 0.696. The molecule has 0 heterocycles. The Morgan fingerprint density at radius 3 is 2.31 bits per heavy atom. The van der Waals surface area contributed by atoms with E-state index in [1.54, 1.807) is 0 Å². The summed E-state index contributed by atoms with van der Waals surface area (Å²) in [6, 6.07) is 3.56. The maximum atomic E-state index is 13.3. The molecule has 2 atom stereocenters. The van der Waals surface area contributed by atoms with E-state index in [-0.39, 0.29) is 5.56 Å². The first-order valence-electron chi connectivity index (χ1n) is 7.19. The van der Waals surface area contributed by atoms with Crippen LogP contribution in [0.1, 0.15) is 31.9 Å². The highest BCUT2D eigenvalue weighted by atomic mass is 19.4. The second kappa shape index (κ2) is 7.68. The zero-order valence-electron chi connectivity index (χ0n) is 13.6. The predicted octanol–water partition coefficient (Wildman–Crippen LogP) is 3.80. The van der Waals surface area contributed by atoms with Gasteiger partial charge in [-0.25, -0.2) is 8.78 Å². The van der Waals surface area contributed by atoms with Crippen LogP contribution in [-0.4, -0.2) is 35.3 Å². The lowest BCUT2D eigenvalue weighted by atomic mass is 9.93. The number of amides is 1. The number of benzene rings is 1. The molecule has 0 aliphatic heterocycles. The average molecular weight is 391 g/mol. The minimum Gasteiger partial charge on any atom is -0.406 e. The topological polar surface area (TPSA) is 58.6 Å². The van der Waals surface area contributed by atoms with Gasteiger partial charge in [-0.05, 0) is 31.5 Å². The smallest absolute Gasteiger partial charge is 0.406 e. The lowest BCUT2D eigenvalue weighted by Gasteiger charge is -2.31. The molecule has 0 spiro atoms. The number of halogens is 7. The molecule has 2 unspecified atom stereocenters. The Morgan fingerprint density at radius 1 is 1.23 bits per heavy atom. The highest BCUT2D eigenvalue weighted by Crippen LogP contribution is 2.37. The zero-order valence-corrected chi connectivity index (χ0v) is 13.6. The lowest BCUT2D eigenvalue weighted by Crippen LogP contribution is -2.53.